The van der Waals surface area contributed by atoms with Crippen molar-refractivity contribution in [3.05, 3.63) is 70.3 Å². The highest BCUT2D eigenvalue weighted by Crippen LogP contribution is 2.47. The third-order valence-electron chi connectivity index (χ3n) is 11.6. The van der Waals surface area contributed by atoms with Gasteiger partial charge in [-0.1, -0.05) is 36.7 Å². The number of benzene rings is 2. The van der Waals surface area contributed by atoms with Gasteiger partial charge in [0.15, 0.2) is 0 Å². The molecule has 6 unspecified atom stereocenters. The van der Waals surface area contributed by atoms with Gasteiger partial charge in [0.05, 0.1) is 38.1 Å². The standard InChI is InChI=1S/C38H48ClN4O7S/c1-24-6-4-8-32(49-3)29-12-9-27(29)18-42-19-37(15-5-7-25-16-28(39)11-13-30(25)37)22-50-33-14-10-26(17-31(33)42)34(44)41-51(47)35(24)40-36(45)43-20-38(46,21-43)23-48-2/h4,8,10-11,13-14,16-17,24,27,29,32,35,46H,5-7,9,12,15,18-23H2,1-3H3,(H,40,45)/q-1. The van der Waals surface area contributed by atoms with E-state index in [9.17, 15) is 18.9 Å². The van der Waals surface area contributed by atoms with E-state index in [-0.39, 0.29) is 37.1 Å². The number of aryl methyl sites for hydroxylation is 1. The first kappa shape index (κ1) is 36.2. The minimum absolute atomic E-state index is 0.0861. The van der Waals surface area contributed by atoms with Gasteiger partial charge < -0.3 is 43.0 Å². The molecule has 0 aromatic heterocycles. The summed E-state index contributed by atoms with van der Waals surface area (Å²) in [5.41, 5.74) is 2.28. The third-order valence-corrected chi connectivity index (χ3v) is 13.2. The molecule has 2 bridgehead atoms. The molecule has 1 saturated heterocycles. The van der Waals surface area contributed by atoms with Crippen molar-refractivity contribution in [2.75, 3.05) is 58.5 Å². The van der Waals surface area contributed by atoms with Crippen LogP contribution in [0.1, 0.15) is 60.5 Å². The van der Waals surface area contributed by atoms with Crippen molar-refractivity contribution in [3.8, 4) is 5.75 Å². The van der Waals surface area contributed by atoms with Gasteiger partial charge in [0, 0.05) is 43.3 Å². The minimum Gasteiger partial charge on any atom is -0.490 e. The maximum atomic E-state index is 13.9. The van der Waals surface area contributed by atoms with E-state index in [4.69, 9.17) is 25.8 Å². The largest absolute Gasteiger partial charge is 0.490 e. The van der Waals surface area contributed by atoms with Crippen molar-refractivity contribution in [2.24, 2.45) is 22.1 Å². The number of ether oxygens (including phenoxy) is 3. The fraction of sp³-hybridized carbons (Fsp3) is 0.579. The molecule has 0 radical (unpaired) electrons. The summed E-state index contributed by atoms with van der Waals surface area (Å²) in [5, 5.41) is 13.2. The van der Waals surface area contributed by atoms with Gasteiger partial charge in [-0.3, -0.25) is 4.79 Å². The molecule has 2 aromatic rings. The van der Waals surface area contributed by atoms with Crippen LogP contribution < -0.4 is 15.0 Å². The van der Waals surface area contributed by atoms with Crippen LogP contribution in [0.3, 0.4) is 0 Å². The zero-order chi connectivity index (χ0) is 35.9. The topological polar surface area (TPSA) is 130 Å². The van der Waals surface area contributed by atoms with Gasteiger partial charge >= 0.3 is 6.03 Å². The van der Waals surface area contributed by atoms with E-state index in [2.05, 4.69) is 32.8 Å². The summed E-state index contributed by atoms with van der Waals surface area (Å²) in [6, 6.07) is 11.1. The number of nitrogens with zero attached hydrogens (tertiary/aromatic N) is 3. The summed E-state index contributed by atoms with van der Waals surface area (Å²) in [4.78, 5) is 30.8. The van der Waals surface area contributed by atoms with Crippen LogP contribution in [0.5, 0.6) is 5.75 Å². The summed E-state index contributed by atoms with van der Waals surface area (Å²) >= 11 is 6.44. The second-order valence-electron chi connectivity index (χ2n) is 15.2. The van der Waals surface area contributed by atoms with Crippen LogP contribution in [-0.4, -0.2) is 92.6 Å². The number of halogens is 1. The quantitative estimate of drug-likeness (QED) is 0.312. The Morgan fingerprint density at radius 3 is 2.75 bits per heavy atom. The van der Waals surface area contributed by atoms with Gasteiger partial charge in [-0.2, -0.15) is 10.6 Å². The first-order valence-corrected chi connectivity index (χ1v) is 19.5. The average molecular weight is 740 g/mol. The van der Waals surface area contributed by atoms with E-state index >= 15 is 0 Å². The number of nitrogens with one attached hydrogen (secondary N) is 1. The van der Waals surface area contributed by atoms with Crippen LogP contribution in [0.2, 0.25) is 5.02 Å². The predicted molar refractivity (Wildman–Crippen MR) is 196 cm³/mol. The maximum Gasteiger partial charge on any atom is 0.316 e. The van der Waals surface area contributed by atoms with Crippen LogP contribution in [0.25, 0.3) is 0 Å². The van der Waals surface area contributed by atoms with Gasteiger partial charge in [0.1, 0.15) is 11.4 Å². The number of methoxy groups -OCH3 is 2. The first-order chi connectivity index (χ1) is 24.5. The number of hydrogen-bond acceptors (Lipinski definition) is 9. The smallest absolute Gasteiger partial charge is 0.316 e. The monoisotopic (exact) mass is 739 g/mol. The average Bonchev–Trinajstić information content (AvgIpc) is 3.23. The summed E-state index contributed by atoms with van der Waals surface area (Å²) in [6.45, 7) is 4.15. The Morgan fingerprint density at radius 2 is 2.00 bits per heavy atom. The van der Waals surface area contributed by atoms with Crippen molar-refractivity contribution in [1.82, 2.24) is 10.2 Å². The number of carbonyl (C=O) groups is 2. The number of carbonyl (C=O) groups excluding carboxylic acids is 2. The molecule has 2 aromatic carbocycles. The lowest BCUT2D eigenvalue weighted by molar-refractivity contribution is -0.115. The molecule has 51 heavy (non-hydrogen) atoms. The van der Waals surface area contributed by atoms with E-state index < -0.39 is 33.5 Å². The molecule has 3 amide bonds. The zero-order valence-electron chi connectivity index (χ0n) is 29.5. The molecule has 2 N–H and O–H groups in total. The lowest BCUT2D eigenvalue weighted by Gasteiger charge is -2.46. The summed E-state index contributed by atoms with van der Waals surface area (Å²) in [6.07, 6.45) is 9.58. The summed E-state index contributed by atoms with van der Waals surface area (Å²) in [5.74, 6) is 0.411. The molecule has 13 heteroatoms. The number of rotatable bonds is 4. The second kappa shape index (κ2) is 14.7. The predicted octanol–water partition coefficient (Wildman–Crippen LogP) is 5.47. The van der Waals surface area contributed by atoms with Crippen LogP contribution >= 0.6 is 11.6 Å². The number of amides is 3. The molecule has 2 aliphatic carbocycles. The molecule has 3 heterocycles. The molecular formula is C38H48ClN4O7S-. The van der Waals surface area contributed by atoms with Crippen molar-refractivity contribution >= 4 is 39.8 Å². The van der Waals surface area contributed by atoms with E-state index in [0.717, 1.165) is 49.4 Å². The van der Waals surface area contributed by atoms with Crippen LogP contribution in [0, 0.1) is 17.8 Å². The van der Waals surface area contributed by atoms with E-state index in [1.165, 1.54) is 23.1 Å². The Balaban J connectivity index is 1.23. The highest BCUT2D eigenvalue weighted by atomic mass is 35.5. The van der Waals surface area contributed by atoms with Crippen molar-refractivity contribution in [1.29, 1.82) is 0 Å². The fourth-order valence-electron chi connectivity index (χ4n) is 8.69. The Labute approximate surface area is 306 Å². The Bertz CT molecular complexity index is 1780. The van der Waals surface area contributed by atoms with Crippen molar-refractivity contribution in [3.63, 3.8) is 0 Å². The number of likely N-dealkylation sites (tertiary alicyclic amines) is 1. The Kier molecular flexibility index (Phi) is 10.4. The molecule has 276 valence electrons. The first-order valence-electron chi connectivity index (χ1n) is 18.0. The lowest BCUT2D eigenvalue weighted by Crippen LogP contribution is -2.68. The molecule has 7 rings (SSSR count). The highest BCUT2D eigenvalue weighted by molar-refractivity contribution is 7.75. The maximum absolute atomic E-state index is 13.9. The van der Waals surface area contributed by atoms with Gasteiger partial charge in [-0.25, -0.2) is 4.79 Å². The minimum atomic E-state index is -2.10. The third kappa shape index (κ3) is 7.27. The fourth-order valence-corrected chi connectivity index (χ4v) is 9.98. The van der Waals surface area contributed by atoms with Crippen LogP contribution in [0.15, 0.2) is 52.9 Å². The van der Waals surface area contributed by atoms with Crippen molar-refractivity contribution < 1.29 is 33.1 Å². The van der Waals surface area contributed by atoms with Crippen LogP contribution in [0.4, 0.5) is 10.5 Å². The van der Waals surface area contributed by atoms with Gasteiger partial charge in [-0.15, -0.1) is 0 Å². The number of β-amino-alcohol motifs (C(OH)–C–C–N with tert-alkyl or cyclic N) is 1. The SMILES string of the molecule is COCC1(O)CN(C(=O)NC2C(C)CC=CC(OC)C3CCC3CN3CC4(CCCc5cc(Cl)ccc54)COc4ccc(cc43)C(=O)N=[S-]2=O)C1. The molecule has 6 atom stereocenters. The second-order valence-corrected chi connectivity index (χ2v) is 16.9. The number of urea groups is 1. The van der Waals surface area contributed by atoms with Gasteiger partial charge in [-0.05, 0) is 103 Å². The Hall–Kier alpha value is -3.16. The van der Waals surface area contributed by atoms with E-state index in [0.29, 0.717) is 42.7 Å². The number of anilines is 1. The molecule has 1 saturated carbocycles. The molecular weight excluding hydrogens is 692 g/mol. The molecule has 2 fully saturated rings. The molecule has 11 nitrogen and oxygen atoms in total. The highest BCUT2D eigenvalue weighted by Gasteiger charge is 2.45. The number of allylic oxidation sites excluding steroid dienone is 1. The van der Waals surface area contributed by atoms with E-state index in [1.807, 2.05) is 31.2 Å². The zero-order valence-corrected chi connectivity index (χ0v) is 31.1. The molecule has 5 aliphatic rings. The van der Waals surface area contributed by atoms with E-state index in [1.54, 1.807) is 13.2 Å². The number of hydrogen-bond donors (Lipinski definition) is 2. The molecule has 1 spiro atoms. The lowest BCUT2D eigenvalue weighted by atomic mass is 9.68. The van der Waals surface area contributed by atoms with Gasteiger partial charge in [0.2, 0.25) is 0 Å². The summed E-state index contributed by atoms with van der Waals surface area (Å²) in [7, 11) is 1.13. The summed E-state index contributed by atoms with van der Waals surface area (Å²) < 4.78 is 35.8. The van der Waals surface area contributed by atoms with Gasteiger partial charge in [0.25, 0.3) is 5.91 Å². The van der Waals surface area contributed by atoms with Crippen molar-refractivity contribution in [2.45, 2.75) is 67.9 Å². The van der Waals surface area contributed by atoms with Crippen LogP contribution in [-0.2, 0) is 36.1 Å². The molecule has 3 aliphatic heterocycles. The Morgan fingerprint density at radius 1 is 1.18 bits per heavy atom. The normalized spacial score (nSPS) is 30.5. The number of fused-ring (bicyclic) bond motifs is 4. The number of aliphatic hydroxyl groups is 1.